The van der Waals surface area contributed by atoms with Gasteiger partial charge in [-0.25, -0.2) is 0 Å². The van der Waals surface area contributed by atoms with E-state index in [0.29, 0.717) is 19.6 Å². The molecule has 0 aliphatic carbocycles. The van der Waals surface area contributed by atoms with Crippen LogP contribution in [0.1, 0.15) is 36.0 Å². The summed E-state index contributed by atoms with van der Waals surface area (Å²) in [7, 11) is 0. The number of nitrogens with zero attached hydrogens (tertiary/aromatic N) is 2. The van der Waals surface area contributed by atoms with Crippen molar-refractivity contribution in [2.45, 2.75) is 38.5 Å². The second-order valence-corrected chi connectivity index (χ2v) is 5.98. The van der Waals surface area contributed by atoms with E-state index in [2.05, 4.69) is 4.98 Å². The summed E-state index contributed by atoms with van der Waals surface area (Å²) in [6.07, 6.45) is 9.54. The Labute approximate surface area is 144 Å². The predicted molar refractivity (Wildman–Crippen MR) is 99.6 cm³/mol. The SMILES string of the molecule is NCCCc1cnc(-c2ccccn2)c(CCCN)c1CCCN. The van der Waals surface area contributed by atoms with Crippen LogP contribution in [0, 0.1) is 0 Å². The number of rotatable bonds is 10. The lowest BCUT2D eigenvalue weighted by molar-refractivity contribution is 0.760. The van der Waals surface area contributed by atoms with Gasteiger partial charge in [0.05, 0.1) is 11.4 Å². The summed E-state index contributed by atoms with van der Waals surface area (Å²) in [4.78, 5) is 9.24. The Kier molecular flexibility index (Phi) is 7.82. The minimum atomic E-state index is 0.672. The third-order valence-corrected chi connectivity index (χ3v) is 4.21. The van der Waals surface area contributed by atoms with Gasteiger partial charge in [0.15, 0.2) is 0 Å². The van der Waals surface area contributed by atoms with E-state index in [4.69, 9.17) is 22.2 Å². The fourth-order valence-corrected chi connectivity index (χ4v) is 3.00. The second kappa shape index (κ2) is 10.1. The number of nitrogens with two attached hydrogens (primary N) is 3. The smallest absolute Gasteiger partial charge is 0.0920 e. The maximum atomic E-state index is 5.76. The Hall–Kier alpha value is -1.82. The van der Waals surface area contributed by atoms with Gasteiger partial charge < -0.3 is 17.2 Å². The standard InChI is InChI=1S/C19H29N5/c20-10-3-6-15-14-24-19(18-9-1-2-13-23-18)17(8-5-12-22)16(15)7-4-11-21/h1-2,9,13-14H,3-8,10-12,20-22H2. The fourth-order valence-electron chi connectivity index (χ4n) is 3.00. The second-order valence-electron chi connectivity index (χ2n) is 5.98. The molecule has 5 nitrogen and oxygen atoms in total. The molecule has 0 amide bonds. The van der Waals surface area contributed by atoms with Crippen LogP contribution in [-0.4, -0.2) is 29.6 Å². The first-order chi connectivity index (χ1) is 11.8. The monoisotopic (exact) mass is 327 g/mol. The van der Waals surface area contributed by atoms with E-state index in [1.807, 2.05) is 30.6 Å². The van der Waals surface area contributed by atoms with E-state index in [9.17, 15) is 0 Å². The van der Waals surface area contributed by atoms with Gasteiger partial charge in [0, 0.05) is 12.4 Å². The average Bonchev–Trinajstić information content (AvgIpc) is 2.63. The predicted octanol–water partition coefficient (Wildman–Crippen LogP) is 1.82. The summed E-state index contributed by atoms with van der Waals surface area (Å²) in [6, 6.07) is 5.94. The molecule has 2 aromatic rings. The van der Waals surface area contributed by atoms with E-state index in [1.165, 1.54) is 16.7 Å². The van der Waals surface area contributed by atoms with Gasteiger partial charge in [0.2, 0.25) is 0 Å². The molecule has 0 atom stereocenters. The molecule has 0 saturated carbocycles. The molecule has 2 rings (SSSR count). The summed E-state index contributed by atoms with van der Waals surface area (Å²) in [5, 5.41) is 0. The topological polar surface area (TPSA) is 104 Å². The van der Waals surface area contributed by atoms with E-state index in [0.717, 1.165) is 49.9 Å². The average molecular weight is 327 g/mol. The number of aromatic nitrogens is 2. The maximum absolute atomic E-state index is 5.76. The van der Waals surface area contributed by atoms with Crippen molar-refractivity contribution in [1.82, 2.24) is 9.97 Å². The molecule has 5 heteroatoms. The Morgan fingerprint density at radius 2 is 1.42 bits per heavy atom. The van der Waals surface area contributed by atoms with Gasteiger partial charge in [-0.2, -0.15) is 0 Å². The van der Waals surface area contributed by atoms with Crippen LogP contribution in [0.3, 0.4) is 0 Å². The lowest BCUT2D eigenvalue weighted by Crippen LogP contribution is -2.11. The van der Waals surface area contributed by atoms with Gasteiger partial charge in [-0.05, 0) is 87.0 Å². The maximum Gasteiger partial charge on any atom is 0.0920 e. The van der Waals surface area contributed by atoms with Crippen LogP contribution < -0.4 is 17.2 Å². The first-order valence-electron chi connectivity index (χ1n) is 8.83. The van der Waals surface area contributed by atoms with Crippen LogP contribution in [0.15, 0.2) is 30.6 Å². The van der Waals surface area contributed by atoms with Crippen molar-refractivity contribution in [2.24, 2.45) is 17.2 Å². The summed E-state index contributed by atoms with van der Waals surface area (Å²) >= 11 is 0. The summed E-state index contributed by atoms with van der Waals surface area (Å²) in [5.74, 6) is 0. The number of aryl methyl sites for hydroxylation is 1. The number of pyridine rings is 2. The third-order valence-electron chi connectivity index (χ3n) is 4.21. The Morgan fingerprint density at radius 1 is 0.750 bits per heavy atom. The molecule has 0 aliphatic rings. The highest BCUT2D eigenvalue weighted by Gasteiger charge is 2.16. The molecule has 0 aliphatic heterocycles. The van der Waals surface area contributed by atoms with Gasteiger partial charge in [0.25, 0.3) is 0 Å². The molecule has 24 heavy (non-hydrogen) atoms. The first-order valence-corrected chi connectivity index (χ1v) is 8.83. The fraction of sp³-hybridized carbons (Fsp3) is 0.474. The van der Waals surface area contributed by atoms with Crippen molar-refractivity contribution in [1.29, 1.82) is 0 Å². The van der Waals surface area contributed by atoms with Crippen LogP contribution in [0.4, 0.5) is 0 Å². The zero-order chi connectivity index (χ0) is 17.2. The van der Waals surface area contributed by atoms with E-state index >= 15 is 0 Å². The molecule has 0 fully saturated rings. The molecular formula is C19H29N5. The quantitative estimate of drug-likeness (QED) is 0.617. The Bertz CT molecular complexity index is 613. The molecule has 130 valence electrons. The molecule has 0 unspecified atom stereocenters. The van der Waals surface area contributed by atoms with Crippen LogP contribution in [0.5, 0.6) is 0 Å². The molecule has 0 radical (unpaired) electrons. The van der Waals surface area contributed by atoms with Crippen LogP contribution in [0.25, 0.3) is 11.4 Å². The van der Waals surface area contributed by atoms with Crippen molar-refractivity contribution in [3.05, 3.63) is 47.3 Å². The largest absolute Gasteiger partial charge is 0.330 e. The van der Waals surface area contributed by atoms with Crippen molar-refractivity contribution in [3.63, 3.8) is 0 Å². The van der Waals surface area contributed by atoms with Crippen molar-refractivity contribution in [2.75, 3.05) is 19.6 Å². The minimum absolute atomic E-state index is 0.672. The molecular weight excluding hydrogens is 298 g/mol. The first kappa shape index (κ1) is 18.5. The lowest BCUT2D eigenvalue weighted by atomic mass is 9.91. The van der Waals surface area contributed by atoms with Crippen molar-refractivity contribution < 1.29 is 0 Å². The highest BCUT2D eigenvalue weighted by molar-refractivity contribution is 5.61. The highest BCUT2D eigenvalue weighted by Crippen LogP contribution is 2.28. The molecule has 0 aromatic carbocycles. The van der Waals surface area contributed by atoms with Gasteiger partial charge in [-0.1, -0.05) is 6.07 Å². The van der Waals surface area contributed by atoms with Crippen LogP contribution in [-0.2, 0) is 19.3 Å². The molecule has 0 saturated heterocycles. The molecule has 6 N–H and O–H groups in total. The van der Waals surface area contributed by atoms with Crippen LogP contribution in [0.2, 0.25) is 0 Å². The lowest BCUT2D eigenvalue weighted by Gasteiger charge is -2.18. The van der Waals surface area contributed by atoms with Gasteiger partial charge >= 0.3 is 0 Å². The number of hydrogen-bond donors (Lipinski definition) is 3. The van der Waals surface area contributed by atoms with Gasteiger partial charge in [-0.15, -0.1) is 0 Å². The molecule has 0 spiro atoms. The molecule has 0 bridgehead atoms. The molecule has 2 heterocycles. The van der Waals surface area contributed by atoms with Gasteiger partial charge in [0.1, 0.15) is 0 Å². The Balaban J connectivity index is 2.49. The zero-order valence-corrected chi connectivity index (χ0v) is 14.4. The number of hydrogen-bond acceptors (Lipinski definition) is 5. The highest BCUT2D eigenvalue weighted by atomic mass is 14.8. The van der Waals surface area contributed by atoms with Crippen molar-refractivity contribution in [3.8, 4) is 11.4 Å². The summed E-state index contributed by atoms with van der Waals surface area (Å²) in [5.41, 5.74) is 23.1. The van der Waals surface area contributed by atoms with Crippen molar-refractivity contribution >= 4 is 0 Å². The minimum Gasteiger partial charge on any atom is -0.330 e. The van der Waals surface area contributed by atoms with E-state index in [1.54, 1.807) is 0 Å². The van der Waals surface area contributed by atoms with E-state index in [-0.39, 0.29) is 0 Å². The molecule has 2 aromatic heterocycles. The summed E-state index contributed by atoms with van der Waals surface area (Å²) in [6.45, 7) is 2.05. The van der Waals surface area contributed by atoms with E-state index < -0.39 is 0 Å². The van der Waals surface area contributed by atoms with Gasteiger partial charge in [-0.3, -0.25) is 9.97 Å². The third kappa shape index (κ3) is 4.84. The zero-order valence-electron chi connectivity index (χ0n) is 14.4. The normalized spacial score (nSPS) is 11.0. The summed E-state index contributed by atoms with van der Waals surface area (Å²) < 4.78 is 0. The van der Waals surface area contributed by atoms with Crippen LogP contribution >= 0.6 is 0 Å². The Morgan fingerprint density at radius 3 is 2.04 bits per heavy atom.